The Morgan fingerprint density at radius 3 is 2.59 bits per heavy atom. The van der Waals surface area contributed by atoms with Crippen molar-refractivity contribution in [2.75, 3.05) is 0 Å². The Morgan fingerprint density at radius 2 is 1.91 bits per heavy atom. The van der Waals surface area contributed by atoms with E-state index >= 15 is 0 Å². The largest absolute Gasteiger partial charge is 0.392 e. The van der Waals surface area contributed by atoms with Crippen LogP contribution in [0.15, 0.2) is 16.8 Å². The van der Waals surface area contributed by atoms with Crippen molar-refractivity contribution in [1.29, 1.82) is 0 Å². The minimum atomic E-state index is -0.777. The summed E-state index contributed by atoms with van der Waals surface area (Å²) in [4.78, 5) is 1.46. The number of hydrogen-bond donors (Lipinski definition) is 2. The maximum absolute atomic E-state index is 10.5. The first kappa shape index (κ1) is 18.9. The number of hydrogen-bond acceptors (Lipinski definition) is 4. The number of aliphatic hydroxyl groups excluding tert-OH is 2. The van der Waals surface area contributed by atoms with E-state index in [9.17, 15) is 10.2 Å². The van der Waals surface area contributed by atoms with Gasteiger partial charge in [-0.1, -0.05) is 31.9 Å². The van der Waals surface area contributed by atoms with Crippen LogP contribution in [0.1, 0.15) is 26.2 Å². The Labute approximate surface area is 152 Å². The van der Waals surface area contributed by atoms with Gasteiger partial charge in [0.15, 0.2) is 0 Å². The Balaban J connectivity index is 2.24. The molecule has 22 heavy (non-hydrogen) atoms. The summed E-state index contributed by atoms with van der Waals surface area (Å²) in [6.07, 6.45) is 0.624. The lowest BCUT2D eigenvalue weighted by Gasteiger charge is -2.41. The van der Waals surface area contributed by atoms with Crippen molar-refractivity contribution in [1.82, 2.24) is 0 Å². The SMILES string of the molecule is C[C@@H]1O[C@@H](C=C=CBr)C[C@H]2O[C@H](C[C@H](Br)[C@H](O)C[C@H]2Cl)[C@H]1O. The highest BCUT2D eigenvalue weighted by molar-refractivity contribution is 9.11. The Bertz CT molecular complexity index is 430. The smallest absolute Gasteiger partial charge is 0.106 e. The number of ether oxygens (including phenoxy) is 2. The van der Waals surface area contributed by atoms with Crippen molar-refractivity contribution in [3.63, 3.8) is 0 Å². The molecule has 0 aromatic heterocycles. The van der Waals surface area contributed by atoms with Gasteiger partial charge in [-0.3, -0.25) is 0 Å². The van der Waals surface area contributed by atoms with E-state index in [0.29, 0.717) is 19.3 Å². The first-order valence-corrected chi connectivity index (χ1v) is 9.65. The Kier molecular flexibility index (Phi) is 7.43. The second-order valence-corrected chi connectivity index (χ2v) is 8.03. The molecule has 0 spiro atoms. The summed E-state index contributed by atoms with van der Waals surface area (Å²) < 4.78 is 12.0. The highest BCUT2D eigenvalue weighted by atomic mass is 79.9. The van der Waals surface area contributed by atoms with E-state index < -0.39 is 18.3 Å². The van der Waals surface area contributed by atoms with E-state index in [1.54, 1.807) is 11.1 Å². The summed E-state index contributed by atoms with van der Waals surface area (Å²) in [5.74, 6) is 0. The van der Waals surface area contributed by atoms with Gasteiger partial charge in [0, 0.05) is 16.2 Å². The number of halogens is 3. The van der Waals surface area contributed by atoms with E-state index in [1.165, 1.54) is 0 Å². The molecule has 126 valence electrons. The maximum Gasteiger partial charge on any atom is 0.106 e. The van der Waals surface area contributed by atoms with Gasteiger partial charge in [0.25, 0.3) is 0 Å². The minimum absolute atomic E-state index is 0.159. The second kappa shape index (κ2) is 8.63. The topological polar surface area (TPSA) is 58.9 Å². The zero-order chi connectivity index (χ0) is 16.3. The van der Waals surface area contributed by atoms with Crippen LogP contribution in [0.2, 0.25) is 0 Å². The summed E-state index contributed by atoms with van der Waals surface area (Å²) in [6, 6.07) is 0. The van der Waals surface area contributed by atoms with Crippen LogP contribution in [0.25, 0.3) is 0 Å². The van der Waals surface area contributed by atoms with Gasteiger partial charge in [-0.15, -0.1) is 17.3 Å². The molecular weight excluding hydrogens is 439 g/mol. The third-order valence-electron chi connectivity index (χ3n) is 4.16. The molecule has 0 aromatic carbocycles. The predicted octanol–water partition coefficient (Wildman–Crippen LogP) is 2.87. The predicted molar refractivity (Wildman–Crippen MR) is 92.8 cm³/mol. The molecule has 2 bridgehead atoms. The number of alkyl halides is 2. The summed E-state index contributed by atoms with van der Waals surface area (Å²) in [6.45, 7) is 1.82. The molecule has 8 atom stereocenters. The van der Waals surface area contributed by atoms with Crippen LogP contribution in [-0.2, 0) is 9.47 Å². The van der Waals surface area contributed by atoms with Gasteiger partial charge in [-0.25, -0.2) is 0 Å². The average molecular weight is 461 g/mol. The van der Waals surface area contributed by atoms with Crippen LogP contribution in [-0.4, -0.2) is 57.0 Å². The van der Waals surface area contributed by atoms with E-state index in [-0.39, 0.29) is 28.5 Å². The molecule has 0 amide bonds. The van der Waals surface area contributed by atoms with Crippen LogP contribution < -0.4 is 0 Å². The molecule has 2 saturated heterocycles. The monoisotopic (exact) mass is 458 g/mol. The molecule has 2 N–H and O–H groups in total. The summed E-state index contributed by atoms with van der Waals surface area (Å²) in [5.41, 5.74) is 2.94. The van der Waals surface area contributed by atoms with Crippen LogP contribution in [0.4, 0.5) is 0 Å². The highest BCUT2D eigenvalue weighted by Gasteiger charge is 2.41. The van der Waals surface area contributed by atoms with Gasteiger partial charge < -0.3 is 19.7 Å². The third-order valence-corrected chi connectivity index (χ3v) is 5.86. The molecule has 2 heterocycles. The van der Waals surface area contributed by atoms with Crippen molar-refractivity contribution in [2.24, 2.45) is 0 Å². The molecule has 4 nitrogen and oxygen atoms in total. The fraction of sp³-hybridized carbons (Fsp3) is 0.800. The first-order chi connectivity index (χ1) is 10.4. The van der Waals surface area contributed by atoms with Gasteiger partial charge in [0.1, 0.15) is 6.10 Å². The normalized spacial score (nSPS) is 46.5. The quantitative estimate of drug-likeness (QED) is 0.467. The fourth-order valence-electron chi connectivity index (χ4n) is 2.89. The van der Waals surface area contributed by atoms with Crippen molar-refractivity contribution in [3.05, 3.63) is 16.8 Å². The standard InChI is InChI=1S/C15H21Br2ClO4/c1-8-15(20)14-6-10(17)12(19)7-11(18)13(22-14)5-9(21-8)3-2-4-16/h3-4,8-15,19-20H,5-7H2,1H3/t2?,8-,9-,10-,11+,12+,13+,14+,15-/m0/s1. The van der Waals surface area contributed by atoms with Crippen molar-refractivity contribution >= 4 is 43.5 Å². The van der Waals surface area contributed by atoms with E-state index in [4.69, 9.17) is 21.1 Å². The summed E-state index contributed by atoms with van der Waals surface area (Å²) in [7, 11) is 0. The zero-order valence-corrected chi connectivity index (χ0v) is 16.2. The number of rotatable bonds is 1. The number of aliphatic hydroxyl groups is 2. The molecule has 2 fully saturated rings. The third kappa shape index (κ3) is 4.81. The van der Waals surface area contributed by atoms with Crippen LogP contribution >= 0.6 is 43.5 Å². The van der Waals surface area contributed by atoms with E-state index in [1.807, 2.05) is 6.92 Å². The minimum Gasteiger partial charge on any atom is -0.392 e. The van der Waals surface area contributed by atoms with Crippen LogP contribution in [0.5, 0.6) is 0 Å². The lowest BCUT2D eigenvalue weighted by atomic mass is 9.93. The molecule has 2 aliphatic rings. The van der Waals surface area contributed by atoms with Gasteiger partial charge in [-0.2, -0.15) is 0 Å². The maximum atomic E-state index is 10.5. The average Bonchev–Trinajstić information content (AvgIpc) is 2.47. The molecule has 0 unspecified atom stereocenters. The van der Waals surface area contributed by atoms with Crippen molar-refractivity contribution in [2.45, 2.75) is 73.0 Å². The zero-order valence-electron chi connectivity index (χ0n) is 12.2. The molecule has 2 rings (SSSR count). The first-order valence-electron chi connectivity index (χ1n) is 7.38. The van der Waals surface area contributed by atoms with Gasteiger partial charge in [0.05, 0.1) is 35.9 Å². The van der Waals surface area contributed by atoms with E-state index in [2.05, 4.69) is 37.6 Å². The highest BCUT2D eigenvalue weighted by Crippen LogP contribution is 2.33. The van der Waals surface area contributed by atoms with Crippen molar-refractivity contribution < 1.29 is 19.7 Å². The van der Waals surface area contributed by atoms with Crippen LogP contribution in [0, 0.1) is 0 Å². The molecule has 0 aromatic rings. The van der Waals surface area contributed by atoms with Gasteiger partial charge in [0.2, 0.25) is 0 Å². The fourth-order valence-corrected chi connectivity index (χ4v) is 3.97. The Morgan fingerprint density at radius 1 is 1.18 bits per heavy atom. The second-order valence-electron chi connectivity index (χ2n) is 5.83. The molecule has 0 aliphatic carbocycles. The summed E-state index contributed by atoms with van der Waals surface area (Å²) in [5, 5.41) is 20.4. The van der Waals surface area contributed by atoms with Gasteiger partial charge in [-0.05, 0) is 25.8 Å². The lowest BCUT2D eigenvalue weighted by molar-refractivity contribution is -0.175. The molecule has 0 saturated carbocycles. The molecule has 7 heteroatoms. The number of fused-ring (bicyclic) bond motifs is 2. The van der Waals surface area contributed by atoms with Gasteiger partial charge >= 0.3 is 0 Å². The molecular formula is C15H21Br2ClO4. The molecule has 2 aliphatic heterocycles. The lowest BCUT2D eigenvalue weighted by Crippen LogP contribution is -2.51. The molecule has 0 radical (unpaired) electrons. The van der Waals surface area contributed by atoms with Crippen molar-refractivity contribution in [3.8, 4) is 0 Å². The van der Waals surface area contributed by atoms with E-state index in [0.717, 1.165) is 0 Å². The Hall–Kier alpha value is 0.610. The van der Waals surface area contributed by atoms with Crippen LogP contribution in [0.3, 0.4) is 0 Å². The summed E-state index contributed by atoms with van der Waals surface area (Å²) >= 11 is 13.1.